The lowest BCUT2D eigenvalue weighted by Crippen LogP contribution is -2.10. The highest BCUT2D eigenvalue weighted by molar-refractivity contribution is 9.10. The second-order valence-corrected chi connectivity index (χ2v) is 5.87. The lowest BCUT2D eigenvalue weighted by atomic mass is 10.1. The minimum absolute atomic E-state index is 0.110. The van der Waals surface area contributed by atoms with E-state index in [9.17, 15) is 5.26 Å². The molecule has 2 rings (SSSR count). The second-order valence-electron chi connectivity index (χ2n) is 4.96. The van der Waals surface area contributed by atoms with Crippen LogP contribution in [0.25, 0.3) is 0 Å². The maximum absolute atomic E-state index is 9.42. The predicted molar refractivity (Wildman–Crippen MR) is 88.3 cm³/mol. The molecule has 0 spiro atoms. The Kier molecular flexibility index (Phi) is 5.24. The van der Waals surface area contributed by atoms with Crippen molar-refractivity contribution in [3.8, 4) is 11.8 Å². The van der Waals surface area contributed by atoms with Gasteiger partial charge in [0.15, 0.2) is 0 Å². The van der Waals surface area contributed by atoms with Crippen LogP contribution in [0.5, 0.6) is 5.75 Å². The number of nitrogens with zero attached hydrogens (tertiary/aromatic N) is 1. The Bertz CT molecular complexity index is 649. The minimum Gasteiger partial charge on any atom is -0.491 e. The standard InChI is InChI=1S/C17H17BrN2O/c1-12(2)21-16-8-3-5-13(9-16)17(11-19)20-15-7-4-6-14(18)10-15/h3-10,12,17,20H,1-2H3. The maximum atomic E-state index is 9.42. The topological polar surface area (TPSA) is 45.0 Å². The first-order valence-corrected chi connectivity index (χ1v) is 7.56. The number of hydrogen-bond donors (Lipinski definition) is 1. The molecule has 0 amide bonds. The summed E-state index contributed by atoms with van der Waals surface area (Å²) in [6.45, 7) is 3.96. The fourth-order valence-corrected chi connectivity index (χ4v) is 2.37. The van der Waals surface area contributed by atoms with Crippen molar-refractivity contribution in [2.24, 2.45) is 0 Å². The Morgan fingerprint density at radius 1 is 1.14 bits per heavy atom. The number of benzene rings is 2. The van der Waals surface area contributed by atoms with E-state index in [2.05, 4.69) is 27.3 Å². The molecule has 0 radical (unpaired) electrons. The summed E-state index contributed by atoms with van der Waals surface area (Å²) in [5, 5.41) is 12.6. The number of ether oxygens (including phenoxy) is 1. The van der Waals surface area contributed by atoms with Crippen LogP contribution in [0.15, 0.2) is 53.0 Å². The van der Waals surface area contributed by atoms with Gasteiger partial charge in [-0.3, -0.25) is 0 Å². The monoisotopic (exact) mass is 344 g/mol. The van der Waals surface area contributed by atoms with Crippen LogP contribution in [0.2, 0.25) is 0 Å². The van der Waals surface area contributed by atoms with Crippen LogP contribution in [0, 0.1) is 11.3 Å². The molecule has 0 bridgehead atoms. The van der Waals surface area contributed by atoms with E-state index in [4.69, 9.17) is 4.74 Å². The molecule has 21 heavy (non-hydrogen) atoms. The summed E-state index contributed by atoms with van der Waals surface area (Å²) < 4.78 is 6.65. The lowest BCUT2D eigenvalue weighted by molar-refractivity contribution is 0.242. The predicted octanol–water partition coefficient (Wildman–Crippen LogP) is 4.91. The van der Waals surface area contributed by atoms with Crippen LogP contribution in [0.3, 0.4) is 0 Å². The van der Waals surface area contributed by atoms with Crippen LogP contribution in [0.4, 0.5) is 5.69 Å². The summed E-state index contributed by atoms with van der Waals surface area (Å²) in [6.07, 6.45) is 0.110. The number of halogens is 1. The molecule has 3 nitrogen and oxygen atoms in total. The highest BCUT2D eigenvalue weighted by atomic mass is 79.9. The first-order chi connectivity index (χ1) is 10.1. The van der Waals surface area contributed by atoms with Gasteiger partial charge >= 0.3 is 0 Å². The van der Waals surface area contributed by atoms with Gasteiger partial charge in [0, 0.05) is 10.2 Å². The summed E-state index contributed by atoms with van der Waals surface area (Å²) in [7, 11) is 0. The van der Waals surface area contributed by atoms with Crippen molar-refractivity contribution in [3.05, 3.63) is 58.6 Å². The van der Waals surface area contributed by atoms with E-state index in [1.807, 2.05) is 62.4 Å². The van der Waals surface area contributed by atoms with Crippen LogP contribution in [-0.2, 0) is 0 Å². The van der Waals surface area contributed by atoms with Gasteiger partial charge in [-0.15, -0.1) is 0 Å². The first-order valence-electron chi connectivity index (χ1n) is 6.77. The van der Waals surface area contributed by atoms with Crippen molar-refractivity contribution >= 4 is 21.6 Å². The molecule has 1 atom stereocenters. The average molecular weight is 345 g/mol. The molecule has 1 N–H and O–H groups in total. The van der Waals surface area contributed by atoms with Gasteiger partial charge in [0.05, 0.1) is 12.2 Å². The third kappa shape index (κ3) is 4.51. The van der Waals surface area contributed by atoms with Gasteiger partial charge in [-0.1, -0.05) is 34.1 Å². The third-order valence-electron chi connectivity index (χ3n) is 2.83. The van der Waals surface area contributed by atoms with E-state index in [0.29, 0.717) is 0 Å². The molecule has 0 aliphatic rings. The Labute approximate surface area is 133 Å². The first kappa shape index (κ1) is 15.4. The molecule has 0 aromatic heterocycles. The fourth-order valence-electron chi connectivity index (χ4n) is 1.97. The molecule has 2 aromatic carbocycles. The van der Waals surface area contributed by atoms with E-state index in [-0.39, 0.29) is 6.10 Å². The molecule has 2 aromatic rings. The van der Waals surface area contributed by atoms with E-state index < -0.39 is 6.04 Å². The van der Waals surface area contributed by atoms with E-state index in [1.165, 1.54) is 0 Å². The minimum atomic E-state index is -0.421. The summed E-state index contributed by atoms with van der Waals surface area (Å²) in [6, 6.07) is 17.2. The van der Waals surface area contributed by atoms with Gasteiger partial charge in [0.1, 0.15) is 11.8 Å². The number of rotatable bonds is 5. The van der Waals surface area contributed by atoms with Gasteiger partial charge in [0.2, 0.25) is 0 Å². The summed E-state index contributed by atoms with van der Waals surface area (Å²) in [5.41, 5.74) is 1.78. The normalized spacial score (nSPS) is 11.8. The molecule has 0 saturated heterocycles. The largest absolute Gasteiger partial charge is 0.491 e. The molecule has 0 aliphatic heterocycles. The zero-order chi connectivity index (χ0) is 15.2. The van der Waals surface area contributed by atoms with Gasteiger partial charge in [-0.05, 0) is 49.7 Å². The molecule has 0 heterocycles. The Morgan fingerprint density at radius 3 is 2.57 bits per heavy atom. The van der Waals surface area contributed by atoms with Gasteiger partial charge in [-0.2, -0.15) is 5.26 Å². The zero-order valence-electron chi connectivity index (χ0n) is 12.0. The van der Waals surface area contributed by atoms with E-state index in [1.54, 1.807) is 0 Å². The number of hydrogen-bond acceptors (Lipinski definition) is 3. The molecular formula is C17H17BrN2O. The fraction of sp³-hybridized carbons (Fsp3) is 0.235. The Hall–Kier alpha value is -1.99. The molecule has 1 unspecified atom stereocenters. The summed E-state index contributed by atoms with van der Waals surface area (Å²) in [5.74, 6) is 0.777. The Morgan fingerprint density at radius 2 is 1.90 bits per heavy atom. The van der Waals surface area contributed by atoms with Crippen molar-refractivity contribution in [3.63, 3.8) is 0 Å². The van der Waals surface area contributed by atoms with E-state index in [0.717, 1.165) is 21.5 Å². The van der Waals surface area contributed by atoms with Crippen molar-refractivity contribution in [1.82, 2.24) is 0 Å². The highest BCUT2D eigenvalue weighted by Crippen LogP contribution is 2.24. The summed E-state index contributed by atoms with van der Waals surface area (Å²) >= 11 is 3.43. The van der Waals surface area contributed by atoms with Crippen molar-refractivity contribution in [2.45, 2.75) is 26.0 Å². The quantitative estimate of drug-likeness (QED) is 0.837. The van der Waals surface area contributed by atoms with Crippen molar-refractivity contribution in [2.75, 3.05) is 5.32 Å². The molecule has 108 valence electrons. The van der Waals surface area contributed by atoms with Crippen molar-refractivity contribution < 1.29 is 4.74 Å². The van der Waals surface area contributed by atoms with E-state index >= 15 is 0 Å². The summed E-state index contributed by atoms with van der Waals surface area (Å²) in [4.78, 5) is 0. The Balaban J connectivity index is 2.19. The second kappa shape index (κ2) is 7.14. The van der Waals surface area contributed by atoms with Gasteiger partial charge in [0.25, 0.3) is 0 Å². The number of anilines is 1. The SMILES string of the molecule is CC(C)Oc1cccc(C(C#N)Nc2cccc(Br)c2)c1. The van der Waals surface area contributed by atoms with Crippen LogP contribution >= 0.6 is 15.9 Å². The molecular weight excluding hydrogens is 328 g/mol. The van der Waals surface area contributed by atoms with Crippen LogP contribution < -0.4 is 10.1 Å². The molecule has 0 aliphatic carbocycles. The smallest absolute Gasteiger partial charge is 0.140 e. The van der Waals surface area contributed by atoms with Gasteiger partial charge in [-0.25, -0.2) is 0 Å². The van der Waals surface area contributed by atoms with Crippen molar-refractivity contribution in [1.29, 1.82) is 5.26 Å². The maximum Gasteiger partial charge on any atom is 0.140 e. The molecule has 4 heteroatoms. The lowest BCUT2D eigenvalue weighted by Gasteiger charge is -2.16. The van der Waals surface area contributed by atoms with Crippen LogP contribution in [-0.4, -0.2) is 6.10 Å². The zero-order valence-corrected chi connectivity index (χ0v) is 13.6. The number of nitriles is 1. The average Bonchev–Trinajstić information content (AvgIpc) is 2.44. The van der Waals surface area contributed by atoms with Crippen LogP contribution in [0.1, 0.15) is 25.5 Å². The molecule has 0 fully saturated rings. The highest BCUT2D eigenvalue weighted by Gasteiger charge is 2.11. The van der Waals surface area contributed by atoms with Gasteiger partial charge < -0.3 is 10.1 Å². The number of nitrogens with one attached hydrogen (secondary N) is 1. The third-order valence-corrected chi connectivity index (χ3v) is 3.32. The molecule has 0 saturated carbocycles.